The number of oxazole rings is 1. The van der Waals surface area contributed by atoms with E-state index < -0.39 is 9.84 Å². The molecule has 3 aromatic carbocycles. The molecule has 5 nitrogen and oxygen atoms in total. The highest BCUT2D eigenvalue weighted by Crippen LogP contribution is 2.33. The van der Waals surface area contributed by atoms with E-state index in [4.69, 9.17) is 20.8 Å². The zero-order valence-electron chi connectivity index (χ0n) is 16.1. The molecule has 0 spiro atoms. The molecule has 0 unspecified atom stereocenters. The van der Waals surface area contributed by atoms with E-state index in [1.165, 1.54) is 6.26 Å². The molecule has 30 heavy (non-hydrogen) atoms. The molecule has 0 atom stereocenters. The van der Waals surface area contributed by atoms with Crippen molar-refractivity contribution in [2.24, 2.45) is 0 Å². The molecule has 0 saturated carbocycles. The first-order valence-electron chi connectivity index (χ1n) is 9.14. The maximum atomic E-state index is 11.8. The van der Waals surface area contributed by atoms with Gasteiger partial charge < -0.3 is 9.15 Å². The largest absolute Gasteiger partial charge is 0.484 e. The van der Waals surface area contributed by atoms with E-state index in [1.54, 1.807) is 48.5 Å². The molecule has 0 N–H and O–H groups in total. The summed E-state index contributed by atoms with van der Waals surface area (Å²) in [7, 11) is -3.28. The van der Waals surface area contributed by atoms with Crippen molar-refractivity contribution in [3.8, 4) is 28.3 Å². The zero-order valence-corrected chi connectivity index (χ0v) is 17.7. The molecular weight excluding hydrogens is 422 g/mol. The Bertz CT molecular complexity index is 1270. The fourth-order valence-electron chi connectivity index (χ4n) is 2.97. The highest BCUT2D eigenvalue weighted by molar-refractivity contribution is 7.90. The Hall–Kier alpha value is -3.09. The number of hydrogen-bond acceptors (Lipinski definition) is 5. The SMILES string of the molecule is CS(=O)(=O)c1ccc(-c2oc(COc3cccc(Cl)c3)nc2-c2ccccc2)cc1. The van der Waals surface area contributed by atoms with Gasteiger partial charge in [0.2, 0.25) is 5.89 Å². The second-order valence-corrected chi connectivity index (χ2v) is 9.15. The predicted octanol–water partition coefficient (Wildman–Crippen LogP) is 5.64. The second-order valence-electron chi connectivity index (χ2n) is 6.69. The third-order valence-electron chi connectivity index (χ3n) is 4.42. The van der Waals surface area contributed by atoms with Gasteiger partial charge in [-0.3, -0.25) is 0 Å². The normalized spacial score (nSPS) is 11.4. The van der Waals surface area contributed by atoms with Crippen molar-refractivity contribution in [3.63, 3.8) is 0 Å². The summed E-state index contributed by atoms with van der Waals surface area (Å²) in [6, 6.07) is 23.3. The number of aromatic nitrogens is 1. The van der Waals surface area contributed by atoms with Gasteiger partial charge in [0.1, 0.15) is 11.4 Å². The highest BCUT2D eigenvalue weighted by atomic mass is 35.5. The van der Waals surface area contributed by atoms with Crippen molar-refractivity contribution in [2.75, 3.05) is 6.26 Å². The summed E-state index contributed by atoms with van der Waals surface area (Å²) in [5.41, 5.74) is 2.27. The monoisotopic (exact) mass is 439 g/mol. The molecule has 0 aliphatic carbocycles. The van der Waals surface area contributed by atoms with Gasteiger partial charge in [0.15, 0.2) is 22.2 Å². The van der Waals surface area contributed by atoms with E-state index in [0.29, 0.717) is 28.1 Å². The van der Waals surface area contributed by atoms with Gasteiger partial charge in [-0.15, -0.1) is 0 Å². The third kappa shape index (κ3) is 4.56. The number of ether oxygens (including phenoxy) is 1. The minimum Gasteiger partial charge on any atom is -0.484 e. The van der Waals surface area contributed by atoms with E-state index >= 15 is 0 Å². The van der Waals surface area contributed by atoms with Crippen molar-refractivity contribution in [1.29, 1.82) is 0 Å². The van der Waals surface area contributed by atoms with Crippen LogP contribution in [0.1, 0.15) is 5.89 Å². The number of hydrogen-bond donors (Lipinski definition) is 0. The standard InChI is InChI=1S/C23H18ClNO4S/c1-30(26,27)20-12-10-17(11-13-20)23-22(16-6-3-2-4-7-16)25-21(29-23)15-28-19-9-5-8-18(24)14-19/h2-14H,15H2,1H3. The average Bonchev–Trinajstić information content (AvgIpc) is 3.17. The first-order chi connectivity index (χ1) is 14.4. The Morgan fingerprint density at radius 3 is 2.33 bits per heavy atom. The smallest absolute Gasteiger partial charge is 0.233 e. The van der Waals surface area contributed by atoms with E-state index in [1.807, 2.05) is 30.3 Å². The lowest BCUT2D eigenvalue weighted by Crippen LogP contribution is -1.96. The number of benzene rings is 3. The Morgan fingerprint density at radius 2 is 1.67 bits per heavy atom. The summed E-state index contributed by atoms with van der Waals surface area (Å²) in [5, 5.41) is 0.580. The van der Waals surface area contributed by atoms with Crippen molar-refractivity contribution < 1.29 is 17.6 Å². The van der Waals surface area contributed by atoms with Crippen LogP contribution >= 0.6 is 11.6 Å². The van der Waals surface area contributed by atoms with Crippen LogP contribution < -0.4 is 4.74 Å². The topological polar surface area (TPSA) is 69.4 Å². The number of nitrogens with zero attached hydrogens (tertiary/aromatic N) is 1. The van der Waals surface area contributed by atoms with Crippen LogP contribution in [-0.2, 0) is 16.4 Å². The lowest BCUT2D eigenvalue weighted by Gasteiger charge is -2.04. The van der Waals surface area contributed by atoms with Crippen LogP contribution in [0.2, 0.25) is 5.02 Å². The summed E-state index contributed by atoms with van der Waals surface area (Å²) in [6.45, 7) is 0.127. The van der Waals surface area contributed by atoms with Crippen LogP contribution in [-0.4, -0.2) is 19.7 Å². The van der Waals surface area contributed by atoms with Gasteiger partial charge in [0, 0.05) is 22.4 Å². The van der Waals surface area contributed by atoms with Gasteiger partial charge in [-0.05, 0) is 42.5 Å². The fourth-order valence-corrected chi connectivity index (χ4v) is 3.78. The van der Waals surface area contributed by atoms with Crippen molar-refractivity contribution >= 4 is 21.4 Å². The summed E-state index contributed by atoms with van der Waals surface area (Å²) >= 11 is 6.00. The number of rotatable bonds is 6. The Morgan fingerprint density at radius 1 is 0.933 bits per heavy atom. The van der Waals surface area contributed by atoms with Gasteiger partial charge in [0.25, 0.3) is 0 Å². The number of halogens is 1. The molecule has 152 valence electrons. The predicted molar refractivity (Wildman–Crippen MR) is 116 cm³/mol. The van der Waals surface area contributed by atoms with E-state index in [0.717, 1.165) is 11.1 Å². The van der Waals surface area contributed by atoms with Crippen molar-refractivity contribution in [3.05, 3.63) is 89.8 Å². The van der Waals surface area contributed by atoms with Crippen molar-refractivity contribution in [1.82, 2.24) is 4.98 Å². The molecule has 0 aliphatic heterocycles. The van der Waals surface area contributed by atoms with Crippen LogP contribution in [0, 0.1) is 0 Å². The van der Waals surface area contributed by atoms with E-state index in [2.05, 4.69) is 4.98 Å². The van der Waals surface area contributed by atoms with Gasteiger partial charge in [0.05, 0.1) is 4.90 Å². The lowest BCUT2D eigenvalue weighted by atomic mass is 10.1. The summed E-state index contributed by atoms with van der Waals surface area (Å²) in [4.78, 5) is 4.87. The fraction of sp³-hybridized carbons (Fsp3) is 0.0870. The molecular formula is C23H18ClNO4S. The van der Waals surface area contributed by atoms with E-state index in [-0.39, 0.29) is 11.5 Å². The molecule has 0 aliphatic rings. The quantitative estimate of drug-likeness (QED) is 0.388. The Kier molecular flexibility index (Phi) is 5.61. The van der Waals surface area contributed by atoms with E-state index in [9.17, 15) is 8.42 Å². The maximum absolute atomic E-state index is 11.8. The minimum absolute atomic E-state index is 0.127. The summed E-state index contributed by atoms with van der Waals surface area (Å²) in [6.07, 6.45) is 1.18. The first-order valence-corrected chi connectivity index (χ1v) is 11.4. The van der Waals surface area contributed by atoms with Gasteiger partial charge in [-0.25, -0.2) is 13.4 Å². The maximum Gasteiger partial charge on any atom is 0.233 e. The molecule has 4 aromatic rings. The molecule has 7 heteroatoms. The van der Waals surface area contributed by atoms with Crippen LogP contribution in [0.4, 0.5) is 0 Å². The van der Waals surface area contributed by atoms with Crippen LogP contribution in [0.3, 0.4) is 0 Å². The van der Waals surface area contributed by atoms with Crippen LogP contribution in [0.15, 0.2) is 88.2 Å². The zero-order chi connectivity index (χ0) is 21.1. The summed E-state index contributed by atoms with van der Waals surface area (Å²) in [5.74, 6) is 1.56. The van der Waals surface area contributed by atoms with Gasteiger partial charge in [-0.1, -0.05) is 48.0 Å². The first kappa shape index (κ1) is 20.2. The molecule has 1 aromatic heterocycles. The molecule has 0 saturated heterocycles. The second kappa shape index (κ2) is 8.34. The molecule has 4 rings (SSSR count). The lowest BCUT2D eigenvalue weighted by molar-refractivity contribution is 0.264. The van der Waals surface area contributed by atoms with Crippen LogP contribution in [0.25, 0.3) is 22.6 Å². The minimum atomic E-state index is -3.28. The Balaban J connectivity index is 1.69. The van der Waals surface area contributed by atoms with Crippen molar-refractivity contribution in [2.45, 2.75) is 11.5 Å². The highest BCUT2D eigenvalue weighted by Gasteiger charge is 2.18. The molecule has 1 heterocycles. The van der Waals surface area contributed by atoms with Gasteiger partial charge in [-0.2, -0.15) is 0 Å². The Labute approximate surface area is 179 Å². The summed E-state index contributed by atoms with van der Waals surface area (Å²) < 4.78 is 35.3. The average molecular weight is 440 g/mol. The molecule has 0 amide bonds. The molecule has 0 radical (unpaired) electrons. The third-order valence-corrected chi connectivity index (χ3v) is 5.79. The molecule has 0 bridgehead atoms. The van der Waals surface area contributed by atoms with Gasteiger partial charge >= 0.3 is 0 Å². The number of sulfone groups is 1. The molecule has 0 fully saturated rings. The van der Waals surface area contributed by atoms with Crippen LogP contribution in [0.5, 0.6) is 5.75 Å².